The molecule has 1 aromatic carbocycles. The first kappa shape index (κ1) is 17.8. The monoisotopic (exact) mass is 372 g/mol. The number of hydrogen-bond donors (Lipinski definition) is 1. The van der Waals surface area contributed by atoms with Crippen molar-refractivity contribution < 1.29 is 9.53 Å². The molecule has 0 unspecified atom stereocenters. The highest BCUT2D eigenvalue weighted by molar-refractivity contribution is 7.22. The SMILES string of the molecule is Cc1nc(-c2cccs2)sc1C(=O)Nc1cccc(COC(C)C)c1. The van der Waals surface area contributed by atoms with Gasteiger partial charge in [-0.1, -0.05) is 18.2 Å². The van der Waals surface area contributed by atoms with Gasteiger partial charge in [0.05, 0.1) is 23.3 Å². The van der Waals surface area contributed by atoms with Gasteiger partial charge in [0.15, 0.2) is 0 Å². The van der Waals surface area contributed by atoms with E-state index in [4.69, 9.17) is 4.74 Å². The highest BCUT2D eigenvalue weighted by Crippen LogP contribution is 2.31. The van der Waals surface area contributed by atoms with E-state index in [1.165, 1.54) is 11.3 Å². The van der Waals surface area contributed by atoms with E-state index in [1.54, 1.807) is 11.3 Å². The fraction of sp³-hybridized carbons (Fsp3) is 0.263. The number of ether oxygens (including phenoxy) is 1. The summed E-state index contributed by atoms with van der Waals surface area (Å²) in [5.74, 6) is -0.125. The number of carbonyl (C=O) groups excluding carboxylic acids is 1. The van der Waals surface area contributed by atoms with Crippen molar-refractivity contribution in [2.75, 3.05) is 5.32 Å². The van der Waals surface area contributed by atoms with Crippen LogP contribution in [0.25, 0.3) is 9.88 Å². The lowest BCUT2D eigenvalue weighted by Gasteiger charge is -2.09. The molecule has 1 N–H and O–H groups in total. The Bertz CT molecular complexity index is 854. The second-order valence-corrected chi connectivity index (χ2v) is 7.87. The Morgan fingerprint density at radius 3 is 2.84 bits per heavy atom. The fourth-order valence-corrected chi connectivity index (χ4v) is 4.06. The van der Waals surface area contributed by atoms with Gasteiger partial charge in [-0.3, -0.25) is 4.79 Å². The van der Waals surface area contributed by atoms with E-state index in [9.17, 15) is 4.79 Å². The van der Waals surface area contributed by atoms with Crippen molar-refractivity contribution in [3.63, 3.8) is 0 Å². The predicted molar refractivity (Wildman–Crippen MR) is 104 cm³/mol. The van der Waals surface area contributed by atoms with Crippen molar-refractivity contribution >= 4 is 34.3 Å². The zero-order valence-electron chi connectivity index (χ0n) is 14.4. The lowest BCUT2D eigenvalue weighted by molar-refractivity contribution is 0.0657. The van der Waals surface area contributed by atoms with E-state index in [1.807, 2.05) is 62.5 Å². The minimum absolute atomic E-state index is 0.125. The van der Waals surface area contributed by atoms with Gasteiger partial charge in [0.2, 0.25) is 0 Å². The van der Waals surface area contributed by atoms with Crippen LogP contribution in [-0.4, -0.2) is 17.0 Å². The Morgan fingerprint density at radius 1 is 1.28 bits per heavy atom. The average Bonchev–Trinajstić information content (AvgIpc) is 3.22. The molecule has 0 aliphatic carbocycles. The number of rotatable bonds is 6. The van der Waals surface area contributed by atoms with Gasteiger partial charge in [-0.15, -0.1) is 22.7 Å². The topological polar surface area (TPSA) is 51.2 Å². The lowest BCUT2D eigenvalue weighted by Crippen LogP contribution is -2.12. The Labute approximate surface area is 155 Å². The van der Waals surface area contributed by atoms with Gasteiger partial charge < -0.3 is 10.1 Å². The first-order valence-electron chi connectivity index (χ1n) is 8.06. The minimum atomic E-state index is -0.125. The van der Waals surface area contributed by atoms with Crippen molar-refractivity contribution in [2.45, 2.75) is 33.5 Å². The largest absolute Gasteiger partial charge is 0.374 e. The summed E-state index contributed by atoms with van der Waals surface area (Å²) in [7, 11) is 0. The molecule has 6 heteroatoms. The smallest absolute Gasteiger partial charge is 0.267 e. The summed E-state index contributed by atoms with van der Waals surface area (Å²) < 4.78 is 5.62. The summed E-state index contributed by atoms with van der Waals surface area (Å²) in [5.41, 5.74) is 2.55. The van der Waals surface area contributed by atoms with Crippen LogP contribution in [0, 0.1) is 6.92 Å². The normalized spacial score (nSPS) is 11.0. The van der Waals surface area contributed by atoms with Gasteiger partial charge in [-0.25, -0.2) is 4.98 Å². The zero-order chi connectivity index (χ0) is 17.8. The molecule has 130 valence electrons. The Balaban J connectivity index is 1.73. The molecule has 2 aromatic heterocycles. The van der Waals surface area contributed by atoms with Gasteiger partial charge in [-0.05, 0) is 49.9 Å². The number of nitrogens with one attached hydrogen (secondary N) is 1. The zero-order valence-corrected chi connectivity index (χ0v) is 16.0. The van der Waals surface area contributed by atoms with Crippen molar-refractivity contribution in [3.05, 3.63) is 57.9 Å². The molecule has 3 aromatic rings. The number of aromatic nitrogens is 1. The summed E-state index contributed by atoms with van der Waals surface area (Å²) in [5, 5.41) is 5.86. The Hall–Kier alpha value is -2.02. The van der Waals surface area contributed by atoms with Gasteiger partial charge in [-0.2, -0.15) is 0 Å². The van der Waals surface area contributed by atoms with Gasteiger partial charge in [0.25, 0.3) is 5.91 Å². The van der Waals surface area contributed by atoms with Crippen LogP contribution in [0.3, 0.4) is 0 Å². The molecule has 3 rings (SSSR count). The second-order valence-electron chi connectivity index (χ2n) is 5.93. The summed E-state index contributed by atoms with van der Waals surface area (Å²) in [6, 6.07) is 11.7. The van der Waals surface area contributed by atoms with E-state index in [2.05, 4.69) is 10.3 Å². The van der Waals surface area contributed by atoms with Crippen LogP contribution >= 0.6 is 22.7 Å². The average molecular weight is 373 g/mol. The van der Waals surface area contributed by atoms with Crippen LogP contribution in [0.2, 0.25) is 0 Å². The standard InChI is InChI=1S/C19H20N2O2S2/c1-12(2)23-11-14-6-4-7-15(10-14)21-18(22)17-13(3)20-19(25-17)16-8-5-9-24-16/h4-10,12H,11H2,1-3H3,(H,21,22). The molecular formula is C19H20N2O2S2. The maximum Gasteiger partial charge on any atom is 0.267 e. The van der Waals surface area contributed by atoms with Crippen molar-refractivity contribution in [1.29, 1.82) is 0 Å². The van der Waals surface area contributed by atoms with Gasteiger partial charge in [0, 0.05) is 5.69 Å². The second kappa shape index (κ2) is 7.91. The maximum atomic E-state index is 12.6. The third-order valence-corrected chi connectivity index (χ3v) is 5.70. The summed E-state index contributed by atoms with van der Waals surface area (Å²) in [6.07, 6.45) is 0.175. The van der Waals surface area contributed by atoms with Crippen molar-refractivity contribution in [1.82, 2.24) is 4.98 Å². The highest BCUT2D eigenvalue weighted by atomic mass is 32.1. The summed E-state index contributed by atoms with van der Waals surface area (Å²) in [6.45, 7) is 6.41. The molecule has 0 aliphatic rings. The van der Waals surface area contributed by atoms with Crippen LogP contribution in [0.4, 0.5) is 5.69 Å². The number of thiazole rings is 1. The third kappa shape index (κ3) is 4.54. The van der Waals surface area contributed by atoms with E-state index < -0.39 is 0 Å². The van der Waals surface area contributed by atoms with Crippen LogP contribution in [0.15, 0.2) is 41.8 Å². The molecule has 2 heterocycles. The van der Waals surface area contributed by atoms with Crippen LogP contribution < -0.4 is 5.32 Å². The molecule has 0 saturated heterocycles. The van der Waals surface area contributed by atoms with Crippen LogP contribution in [0.5, 0.6) is 0 Å². The minimum Gasteiger partial charge on any atom is -0.374 e. The highest BCUT2D eigenvalue weighted by Gasteiger charge is 2.17. The Morgan fingerprint density at radius 2 is 2.12 bits per heavy atom. The molecule has 0 aliphatic heterocycles. The number of aryl methyl sites for hydroxylation is 1. The number of amides is 1. The maximum absolute atomic E-state index is 12.6. The third-order valence-electron chi connectivity index (χ3n) is 3.50. The molecular weight excluding hydrogens is 352 g/mol. The fourth-order valence-electron chi connectivity index (χ4n) is 2.30. The molecule has 4 nitrogen and oxygen atoms in total. The van der Waals surface area contributed by atoms with E-state index >= 15 is 0 Å². The lowest BCUT2D eigenvalue weighted by atomic mass is 10.2. The molecule has 25 heavy (non-hydrogen) atoms. The molecule has 0 radical (unpaired) electrons. The van der Waals surface area contributed by atoms with Gasteiger partial charge >= 0.3 is 0 Å². The number of hydrogen-bond acceptors (Lipinski definition) is 5. The van der Waals surface area contributed by atoms with Crippen molar-refractivity contribution in [3.8, 4) is 9.88 Å². The number of anilines is 1. The number of nitrogens with zero attached hydrogens (tertiary/aromatic N) is 1. The van der Waals surface area contributed by atoms with E-state index in [-0.39, 0.29) is 12.0 Å². The van der Waals surface area contributed by atoms with E-state index in [0.717, 1.165) is 26.8 Å². The summed E-state index contributed by atoms with van der Waals surface area (Å²) in [4.78, 5) is 18.9. The predicted octanol–water partition coefficient (Wildman–Crippen LogP) is 5.36. The van der Waals surface area contributed by atoms with E-state index in [0.29, 0.717) is 11.5 Å². The van der Waals surface area contributed by atoms with Gasteiger partial charge in [0.1, 0.15) is 9.88 Å². The molecule has 0 spiro atoms. The molecule has 1 amide bonds. The molecule has 0 bridgehead atoms. The molecule has 0 atom stereocenters. The number of benzene rings is 1. The summed E-state index contributed by atoms with van der Waals surface area (Å²) >= 11 is 3.05. The first-order chi connectivity index (χ1) is 12.0. The molecule has 0 saturated carbocycles. The number of thiophene rings is 1. The quantitative estimate of drug-likeness (QED) is 0.634. The first-order valence-corrected chi connectivity index (χ1v) is 9.75. The van der Waals surface area contributed by atoms with Crippen LogP contribution in [0.1, 0.15) is 34.8 Å². The van der Waals surface area contributed by atoms with Crippen LogP contribution in [-0.2, 0) is 11.3 Å². The Kier molecular flexibility index (Phi) is 5.63. The molecule has 0 fully saturated rings. The van der Waals surface area contributed by atoms with Crippen molar-refractivity contribution in [2.24, 2.45) is 0 Å². The number of carbonyl (C=O) groups is 1.